The quantitative estimate of drug-likeness (QED) is 0.583. The van der Waals surface area contributed by atoms with Gasteiger partial charge in [-0.1, -0.05) is 30.0 Å². The van der Waals surface area contributed by atoms with Crippen LogP contribution in [0.1, 0.15) is 11.3 Å². The fraction of sp³-hybridized carbons (Fsp3) is 0.167. The highest BCUT2D eigenvalue weighted by molar-refractivity contribution is 8.26. The molecule has 1 aromatic carbocycles. The summed E-state index contributed by atoms with van der Waals surface area (Å²) in [4.78, 5) is 27.7. The zero-order valence-corrected chi connectivity index (χ0v) is 16.4. The van der Waals surface area contributed by atoms with Crippen LogP contribution in [0.4, 0.5) is 5.69 Å². The molecule has 2 heterocycles. The highest BCUT2D eigenvalue weighted by Gasteiger charge is 2.32. The average molecular weight is 405 g/mol. The molecule has 5 nitrogen and oxygen atoms in total. The summed E-state index contributed by atoms with van der Waals surface area (Å²) in [6.07, 6.45) is 2.01. The number of rotatable bonds is 6. The molecule has 1 aliphatic heterocycles. The van der Waals surface area contributed by atoms with Crippen LogP contribution in [0, 0.1) is 0 Å². The van der Waals surface area contributed by atoms with Crippen molar-refractivity contribution in [2.24, 2.45) is 0 Å². The van der Waals surface area contributed by atoms with Gasteiger partial charge in [-0.2, -0.15) is 0 Å². The van der Waals surface area contributed by atoms with Gasteiger partial charge in [0.05, 0.1) is 12.0 Å². The number of thioether (sulfide) groups is 1. The van der Waals surface area contributed by atoms with Gasteiger partial charge in [0, 0.05) is 23.5 Å². The topological polar surface area (TPSA) is 58.6 Å². The maximum absolute atomic E-state index is 12.5. The van der Waals surface area contributed by atoms with Crippen molar-refractivity contribution in [3.8, 4) is 5.75 Å². The van der Waals surface area contributed by atoms with E-state index in [4.69, 9.17) is 17.0 Å². The van der Waals surface area contributed by atoms with E-state index in [1.54, 1.807) is 42.7 Å². The molecule has 0 unspecified atom stereocenters. The van der Waals surface area contributed by atoms with Crippen LogP contribution in [0.3, 0.4) is 0 Å². The maximum atomic E-state index is 12.5. The van der Waals surface area contributed by atoms with Gasteiger partial charge in [-0.25, -0.2) is 0 Å². The Morgan fingerprint density at radius 1 is 1.31 bits per heavy atom. The Labute approximate surface area is 165 Å². The number of amides is 2. The number of methoxy groups -OCH3 is 1. The molecule has 1 saturated heterocycles. The van der Waals surface area contributed by atoms with Crippen LogP contribution < -0.4 is 10.1 Å². The second-order valence-electron chi connectivity index (χ2n) is 5.38. The summed E-state index contributed by atoms with van der Waals surface area (Å²) < 4.78 is 5.56. The number of nitrogens with one attached hydrogen (secondary N) is 1. The molecule has 2 amide bonds. The molecule has 1 fully saturated rings. The Balaban J connectivity index is 1.56. The minimum Gasteiger partial charge on any atom is -0.497 e. The molecular weight excluding hydrogens is 388 g/mol. The first kappa shape index (κ1) is 18.6. The number of anilines is 1. The van der Waals surface area contributed by atoms with Gasteiger partial charge in [0.2, 0.25) is 5.91 Å². The van der Waals surface area contributed by atoms with Crippen LogP contribution in [0.2, 0.25) is 0 Å². The number of thiocarbonyl (C=S) groups is 1. The predicted octanol–water partition coefficient (Wildman–Crippen LogP) is 3.99. The molecule has 1 N–H and O–H groups in total. The van der Waals surface area contributed by atoms with E-state index in [0.29, 0.717) is 14.9 Å². The number of benzene rings is 1. The van der Waals surface area contributed by atoms with E-state index in [2.05, 4.69) is 5.32 Å². The van der Waals surface area contributed by atoms with Crippen molar-refractivity contribution in [1.82, 2.24) is 4.90 Å². The van der Waals surface area contributed by atoms with E-state index in [-0.39, 0.29) is 24.8 Å². The molecule has 2 aromatic rings. The first-order valence-corrected chi connectivity index (χ1v) is 9.90. The Morgan fingerprint density at radius 2 is 2.08 bits per heavy atom. The van der Waals surface area contributed by atoms with Gasteiger partial charge < -0.3 is 10.1 Å². The van der Waals surface area contributed by atoms with Crippen molar-refractivity contribution in [1.29, 1.82) is 0 Å². The number of carbonyl (C=O) groups is 2. The third kappa shape index (κ3) is 4.51. The molecule has 26 heavy (non-hydrogen) atoms. The molecule has 1 aliphatic rings. The summed E-state index contributed by atoms with van der Waals surface area (Å²) in [6.45, 7) is 0.258. The largest absolute Gasteiger partial charge is 0.497 e. The molecule has 0 aliphatic carbocycles. The van der Waals surface area contributed by atoms with Crippen molar-refractivity contribution >= 4 is 63.2 Å². The SMILES string of the molecule is COc1ccc(NC(=O)CCN2C(=O)/C(=C/c3cccs3)SC2=S)cc1. The number of nitrogens with zero attached hydrogens (tertiary/aromatic N) is 1. The molecule has 8 heteroatoms. The molecule has 0 atom stereocenters. The molecule has 0 bridgehead atoms. The van der Waals surface area contributed by atoms with Gasteiger partial charge in [-0.15, -0.1) is 11.3 Å². The van der Waals surface area contributed by atoms with E-state index < -0.39 is 0 Å². The molecule has 1 aromatic heterocycles. The van der Waals surface area contributed by atoms with Crippen LogP contribution in [0.5, 0.6) is 5.75 Å². The van der Waals surface area contributed by atoms with Gasteiger partial charge in [-0.3, -0.25) is 14.5 Å². The van der Waals surface area contributed by atoms with E-state index in [0.717, 1.165) is 10.6 Å². The molecule has 0 radical (unpaired) electrons. The molecule has 0 saturated carbocycles. The lowest BCUT2D eigenvalue weighted by Crippen LogP contribution is -2.31. The molecule has 0 spiro atoms. The summed E-state index contributed by atoms with van der Waals surface area (Å²) in [5.41, 5.74) is 0.679. The number of hydrogen-bond acceptors (Lipinski definition) is 6. The second-order valence-corrected chi connectivity index (χ2v) is 8.03. The van der Waals surface area contributed by atoms with Crippen LogP contribution >= 0.6 is 35.3 Å². The van der Waals surface area contributed by atoms with Gasteiger partial charge >= 0.3 is 0 Å². The lowest BCUT2D eigenvalue weighted by atomic mass is 10.3. The van der Waals surface area contributed by atoms with Crippen molar-refractivity contribution < 1.29 is 14.3 Å². The highest BCUT2D eigenvalue weighted by atomic mass is 32.2. The third-order valence-corrected chi connectivity index (χ3v) is 5.82. The standard InChI is InChI=1S/C18H16N2O3S3/c1-23-13-6-4-12(5-7-13)19-16(21)8-9-20-17(22)15(26-18(20)24)11-14-3-2-10-25-14/h2-7,10-11H,8-9H2,1H3,(H,19,21)/b15-11-. The summed E-state index contributed by atoms with van der Waals surface area (Å²) in [5.74, 6) is 0.398. The normalized spacial score (nSPS) is 15.6. The smallest absolute Gasteiger partial charge is 0.266 e. The van der Waals surface area contributed by atoms with E-state index >= 15 is 0 Å². The number of ether oxygens (including phenoxy) is 1. The summed E-state index contributed by atoms with van der Waals surface area (Å²) in [5, 5.41) is 4.75. The summed E-state index contributed by atoms with van der Waals surface area (Å²) in [7, 11) is 1.59. The lowest BCUT2D eigenvalue weighted by Gasteiger charge is -2.14. The second kappa shape index (κ2) is 8.48. The molecular formula is C18H16N2O3S3. The predicted molar refractivity (Wildman–Crippen MR) is 110 cm³/mol. The van der Waals surface area contributed by atoms with E-state index in [1.807, 2.05) is 23.6 Å². The zero-order valence-electron chi connectivity index (χ0n) is 13.9. The number of thiophene rings is 1. The highest BCUT2D eigenvalue weighted by Crippen LogP contribution is 2.33. The fourth-order valence-corrected chi connectivity index (χ4v) is 4.34. The van der Waals surface area contributed by atoms with Crippen LogP contribution in [-0.4, -0.2) is 34.7 Å². The van der Waals surface area contributed by atoms with E-state index in [1.165, 1.54) is 16.7 Å². The van der Waals surface area contributed by atoms with Crippen LogP contribution in [0.25, 0.3) is 6.08 Å². The number of carbonyl (C=O) groups excluding carboxylic acids is 2. The monoisotopic (exact) mass is 404 g/mol. The Bertz CT molecular complexity index is 845. The van der Waals surface area contributed by atoms with E-state index in [9.17, 15) is 9.59 Å². The van der Waals surface area contributed by atoms with Crippen LogP contribution in [-0.2, 0) is 9.59 Å². The Hall–Kier alpha value is -2.16. The average Bonchev–Trinajstić information content (AvgIpc) is 3.23. The first-order valence-electron chi connectivity index (χ1n) is 7.79. The van der Waals surface area contributed by atoms with Gasteiger partial charge in [0.1, 0.15) is 10.1 Å². The molecule has 3 rings (SSSR count). The minimum atomic E-state index is -0.175. The van der Waals surface area contributed by atoms with Crippen molar-refractivity contribution in [3.63, 3.8) is 0 Å². The van der Waals surface area contributed by atoms with Crippen molar-refractivity contribution in [2.45, 2.75) is 6.42 Å². The molecule has 134 valence electrons. The summed E-state index contributed by atoms with van der Waals surface area (Å²) >= 11 is 8.11. The third-order valence-electron chi connectivity index (χ3n) is 3.63. The zero-order chi connectivity index (χ0) is 18.5. The fourth-order valence-electron chi connectivity index (χ4n) is 2.31. The first-order chi connectivity index (χ1) is 12.6. The van der Waals surface area contributed by atoms with Crippen LogP contribution in [0.15, 0.2) is 46.7 Å². The van der Waals surface area contributed by atoms with Gasteiger partial charge in [-0.05, 0) is 41.8 Å². The maximum Gasteiger partial charge on any atom is 0.266 e. The van der Waals surface area contributed by atoms with Crippen molar-refractivity contribution in [3.05, 3.63) is 51.6 Å². The summed E-state index contributed by atoms with van der Waals surface area (Å²) in [6, 6.07) is 10.9. The van der Waals surface area contributed by atoms with Gasteiger partial charge in [0.25, 0.3) is 5.91 Å². The lowest BCUT2D eigenvalue weighted by molar-refractivity contribution is -0.122. The number of hydrogen-bond donors (Lipinski definition) is 1. The van der Waals surface area contributed by atoms with Gasteiger partial charge in [0.15, 0.2) is 0 Å². The van der Waals surface area contributed by atoms with Crippen molar-refractivity contribution in [2.75, 3.05) is 19.0 Å². The Morgan fingerprint density at radius 3 is 2.73 bits per heavy atom. The minimum absolute atomic E-state index is 0.148. The Kier molecular flexibility index (Phi) is 6.08.